The maximum absolute atomic E-state index is 5.36. The summed E-state index contributed by atoms with van der Waals surface area (Å²) >= 11 is 0. The molecule has 2 heterocycles. The van der Waals surface area contributed by atoms with Gasteiger partial charge in [0.2, 0.25) is 0 Å². The standard InChI is InChI=1S/C47H31N3/c1-4-15-31(16-5-1)35-27-36(29-37(28-35)50-42-25-12-10-22-39(42)40-23-11-13-26-43(40)50)38-24-14-21-34-30-41-45(32-17-6-2-7-18-32)48-47(49-46(41)44(34)38)33-19-8-3-9-20-33/h1-29H,30H2. The van der Waals surface area contributed by atoms with E-state index in [0.29, 0.717) is 0 Å². The number of fused-ring (bicyclic) bond motifs is 6. The van der Waals surface area contributed by atoms with E-state index >= 15 is 0 Å². The van der Waals surface area contributed by atoms with Crippen molar-refractivity contribution in [3.8, 4) is 61.8 Å². The van der Waals surface area contributed by atoms with Gasteiger partial charge in [0.1, 0.15) is 0 Å². The van der Waals surface area contributed by atoms with Gasteiger partial charge in [0.25, 0.3) is 0 Å². The third kappa shape index (κ3) is 4.59. The van der Waals surface area contributed by atoms with Gasteiger partial charge in [-0.15, -0.1) is 0 Å². The second kappa shape index (κ2) is 11.5. The lowest BCUT2D eigenvalue weighted by atomic mass is 9.93. The SMILES string of the molecule is c1ccc(-c2cc(-c3cccc4c3-c3nc(-c5ccccc5)nc(-c5ccccc5)c3C4)cc(-n3c4ccccc4c4ccccc43)c2)cc1. The summed E-state index contributed by atoms with van der Waals surface area (Å²) in [5.41, 5.74) is 16.0. The minimum absolute atomic E-state index is 0.745. The fraction of sp³-hybridized carbons (Fsp3) is 0.0213. The van der Waals surface area contributed by atoms with E-state index in [4.69, 9.17) is 9.97 Å². The quantitative estimate of drug-likeness (QED) is 0.188. The summed E-state index contributed by atoms with van der Waals surface area (Å²) in [6, 6.07) is 62.8. The highest BCUT2D eigenvalue weighted by Gasteiger charge is 2.29. The van der Waals surface area contributed by atoms with Crippen molar-refractivity contribution in [2.24, 2.45) is 0 Å². The molecule has 50 heavy (non-hydrogen) atoms. The molecule has 0 fully saturated rings. The van der Waals surface area contributed by atoms with Gasteiger partial charge in [-0.25, -0.2) is 9.97 Å². The summed E-state index contributed by atoms with van der Waals surface area (Å²) in [4.78, 5) is 10.6. The topological polar surface area (TPSA) is 30.7 Å². The third-order valence-corrected chi connectivity index (χ3v) is 10.0. The molecule has 0 atom stereocenters. The number of aromatic nitrogens is 3. The molecule has 3 heteroatoms. The normalized spacial score (nSPS) is 11.9. The number of hydrogen-bond donors (Lipinski definition) is 0. The molecule has 3 nitrogen and oxygen atoms in total. The van der Waals surface area contributed by atoms with Gasteiger partial charge in [0, 0.05) is 45.1 Å². The van der Waals surface area contributed by atoms with Crippen LogP contribution in [0.5, 0.6) is 0 Å². The maximum Gasteiger partial charge on any atom is 0.160 e. The largest absolute Gasteiger partial charge is 0.309 e. The number of rotatable bonds is 5. The Bertz CT molecular complexity index is 2660. The highest BCUT2D eigenvalue weighted by molar-refractivity contribution is 6.09. The molecule has 234 valence electrons. The van der Waals surface area contributed by atoms with Gasteiger partial charge in [-0.1, -0.05) is 146 Å². The van der Waals surface area contributed by atoms with E-state index in [1.807, 2.05) is 6.07 Å². The fourth-order valence-corrected chi connectivity index (χ4v) is 7.76. The maximum atomic E-state index is 5.36. The zero-order chi connectivity index (χ0) is 33.0. The second-order valence-corrected chi connectivity index (χ2v) is 13.0. The first-order chi connectivity index (χ1) is 24.8. The van der Waals surface area contributed by atoms with Gasteiger partial charge in [-0.2, -0.15) is 0 Å². The van der Waals surface area contributed by atoms with E-state index in [1.165, 1.54) is 55.2 Å². The van der Waals surface area contributed by atoms with Gasteiger partial charge >= 0.3 is 0 Å². The lowest BCUT2D eigenvalue weighted by molar-refractivity contribution is 1.13. The van der Waals surface area contributed by atoms with Crippen LogP contribution in [0.3, 0.4) is 0 Å². The van der Waals surface area contributed by atoms with E-state index in [2.05, 4.69) is 174 Å². The average molecular weight is 638 g/mol. The van der Waals surface area contributed by atoms with Crippen molar-refractivity contribution in [1.82, 2.24) is 14.5 Å². The molecule has 1 aliphatic carbocycles. The summed E-state index contributed by atoms with van der Waals surface area (Å²) < 4.78 is 2.42. The smallest absolute Gasteiger partial charge is 0.160 e. The van der Waals surface area contributed by atoms with Crippen molar-refractivity contribution >= 4 is 21.8 Å². The van der Waals surface area contributed by atoms with Crippen LogP contribution in [0.2, 0.25) is 0 Å². The molecule has 7 aromatic carbocycles. The van der Waals surface area contributed by atoms with Gasteiger partial charge < -0.3 is 4.57 Å². The van der Waals surface area contributed by atoms with Gasteiger partial charge in [-0.3, -0.25) is 0 Å². The number of benzene rings is 7. The monoisotopic (exact) mass is 637 g/mol. The first kappa shape index (κ1) is 28.4. The molecule has 0 N–H and O–H groups in total. The first-order valence-corrected chi connectivity index (χ1v) is 17.1. The Labute approximate surface area is 290 Å². The van der Waals surface area contributed by atoms with Crippen molar-refractivity contribution in [3.63, 3.8) is 0 Å². The Hall–Kier alpha value is -6.58. The minimum Gasteiger partial charge on any atom is -0.309 e. The van der Waals surface area contributed by atoms with E-state index in [0.717, 1.165) is 46.0 Å². The van der Waals surface area contributed by atoms with Crippen LogP contribution in [-0.4, -0.2) is 14.5 Å². The van der Waals surface area contributed by atoms with Crippen molar-refractivity contribution in [3.05, 3.63) is 187 Å². The molecule has 0 saturated heterocycles. The zero-order valence-electron chi connectivity index (χ0n) is 27.3. The van der Waals surface area contributed by atoms with Gasteiger partial charge in [0.05, 0.1) is 22.4 Å². The Morgan fingerprint density at radius 3 is 1.66 bits per heavy atom. The summed E-state index contributed by atoms with van der Waals surface area (Å²) in [5.74, 6) is 0.745. The summed E-state index contributed by atoms with van der Waals surface area (Å²) in [7, 11) is 0. The van der Waals surface area contributed by atoms with Gasteiger partial charge in [-0.05, 0) is 58.1 Å². The van der Waals surface area contributed by atoms with Gasteiger partial charge in [0.15, 0.2) is 5.82 Å². The highest BCUT2D eigenvalue weighted by atomic mass is 15.0. The molecule has 0 radical (unpaired) electrons. The molecule has 0 saturated carbocycles. The van der Waals surface area contributed by atoms with Crippen molar-refractivity contribution in [2.45, 2.75) is 6.42 Å². The number of nitrogens with zero attached hydrogens (tertiary/aromatic N) is 3. The van der Waals surface area contributed by atoms with Crippen LogP contribution >= 0.6 is 0 Å². The Morgan fingerprint density at radius 1 is 0.420 bits per heavy atom. The van der Waals surface area contributed by atoms with Crippen molar-refractivity contribution in [2.75, 3.05) is 0 Å². The van der Waals surface area contributed by atoms with Crippen LogP contribution in [0, 0.1) is 0 Å². The molecule has 0 bridgehead atoms. The Morgan fingerprint density at radius 2 is 0.980 bits per heavy atom. The van der Waals surface area contributed by atoms with Crippen LogP contribution in [0.25, 0.3) is 83.6 Å². The first-order valence-electron chi connectivity index (χ1n) is 17.1. The molecular formula is C47H31N3. The molecule has 0 unspecified atom stereocenters. The highest BCUT2D eigenvalue weighted by Crippen LogP contribution is 2.46. The number of hydrogen-bond acceptors (Lipinski definition) is 2. The third-order valence-electron chi connectivity index (χ3n) is 10.0. The second-order valence-electron chi connectivity index (χ2n) is 13.0. The van der Waals surface area contributed by atoms with Crippen LogP contribution < -0.4 is 0 Å². The molecule has 2 aromatic heterocycles. The van der Waals surface area contributed by atoms with Crippen molar-refractivity contribution < 1.29 is 0 Å². The van der Waals surface area contributed by atoms with Crippen LogP contribution in [0.15, 0.2) is 176 Å². The molecule has 9 aromatic rings. The molecule has 10 rings (SSSR count). The molecule has 1 aliphatic rings. The summed E-state index contributed by atoms with van der Waals surface area (Å²) in [5, 5.41) is 2.51. The Balaban J connectivity index is 1.25. The molecular weight excluding hydrogens is 607 g/mol. The van der Waals surface area contributed by atoms with Crippen LogP contribution in [0.4, 0.5) is 0 Å². The van der Waals surface area contributed by atoms with E-state index in [9.17, 15) is 0 Å². The summed E-state index contributed by atoms with van der Waals surface area (Å²) in [6.07, 6.45) is 0.788. The Kier molecular flexibility index (Phi) is 6.56. The van der Waals surface area contributed by atoms with E-state index < -0.39 is 0 Å². The average Bonchev–Trinajstić information content (AvgIpc) is 3.74. The zero-order valence-corrected chi connectivity index (χ0v) is 27.3. The van der Waals surface area contributed by atoms with Crippen molar-refractivity contribution in [1.29, 1.82) is 0 Å². The van der Waals surface area contributed by atoms with E-state index in [-0.39, 0.29) is 0 Å². The number of para-hydroxylation sites is 2. The molecule has 0 amide bonds. The lowest BCUT2D eigenvalue weighted by Gasteiger charge is -2.16. The molecule has 0 spiro atoms. The van der Waals surface area contributed by atoms with Crippen LogP contribution in [0.1, 0.15) is 11.1 Å². The lowest BCUT2D eigenvalue weighted by Crippen LogP contribution is -1.99. The predicted octanol–water partition coefficient (Wildman–Crippen LogP) is 11.8. The fourth-order valence-electron chi connectivity index (χ4n) is 7.76. The van der Waals surface area contributed by atoms with E-state index in [1.54, 1.807) is 0 Å². The summed E-state index contributed by atoms with van der Waals surface area (Å²) in [6.45, 7) is 0. The minimum atomic E-state index is 0.745. The molecule has 0 aliphatic heterocycles. The van der Waals surface area contributed by atoms with Crippen LogP contribution in [-0.2, 0) is 6.42 Å². The predicted molar refractivity (Wildman–Crippen MR) is 206 cm³/mol.